The molecule has 1 aliphatic heterocycles. The van der Waals surface area contributed by atoms with E-state index in [2.05, 4.69) is 44.8 Å². The lowest BCUT2D eigenvalue weighted by molar-refractivity contribution is -0.870. The van der Waals surface area contributed by atoms with Gasteiger partial charge in [-0.25, -0.2) is 0 Å². The minimum Gasteiger partial charge on any atom is -0.343 e. The van der Waals surface area contributed by atoms with Gasteiger partial charge in [0.25, 0.3) is 0 Å². The van der Waals surface area contributed by atoms with E-state index in [0.29, 0.717) is 18.5 Å². The van der Waals surface area contributed by atoms with Crippen LogP contribution in [-0.4, -0.2) is 104 Å². The Labute approximate surface area is 192 Å². The summed E-state index contributed by atoms with van der Waals surface area (Å²) >= 11 is 0. The van der Waals surface area contributed by atoms with E-state index in [0.717, 1.165) is 82.3 Å². The van der Waals surface area contributed by atoms with Crippen LogP contribution in [0.4, 0.5) is 0 Å². The molecule has 0 spiro atoms. The molecule has 1 fully saturated rings. The van der Waals surface area contributed by atoms with Crippen LogP contribution in [0.1, 0.15) is 72.6 Å². The maximum atomic E-state index is 13.3. The van der Waals surface area contributed by atoms with Crippen LogP contribution < -0.4 is 0 Å². The zero-order valence-electron chi connectivity index (χ0n) is 21.7. The van der Waals surface area contributed by atoms with Crippen LogP contribution in [0, 0.1) is 5.92 Å². The first kappa shape index (κ1) is 27.9. The smallest absolute Gasteiger partial charge is 0.236 e. The number of carbonyl (C=O) groups excluding carboxylic acids is 2. The molecule has 2 amide bonds. The highest BCUT2D eigenvalue weighted by atomic mass is 16.2. The van der Waals surface area contributed by atoms with Gasteiger partial charge in [-0.3, -0.25) is 14.5 Å². The Morgan fingerprint density at radius 1 is 0.968 bits per heavy atom. The minimum atomic E-state index is 0.147. The maximum absolute atomic E-state index is 13.3. The highest BCUT2D eigenvalue weighted by molar-refractivity contribution is 5.78. The summed E-state index contributed by atoms with van der Waals surface area (Å²) in [7, 11) is 6.68. The molecule has 6 nitrogen and oxygen atoms in total. The van der Waals surface area contributed by atoms with Crippen molar-refractivity contribution in [1.82, 2.24) is 14.7 Å². The van der Waals surface area contributed by atoms with Gasteiger partial charge in [0, 0.05) is 45.7 Å². The molecule has 1 unspecified atom stereocenters. The van der Waals surface area contributed by atoms with Crippen LogP contribution >= 0.6 is 0 Å². The van der Waals surface area contributed by atoms with Gasteiger partial charge in [0.2, 0.25) is 11.8 Å². The van der Waals surface area contributed by atoms with Crippen molar-refractivity contribution in [1.29, 1.82) is 0 Å². The number of likely N-dealkylation sites (tertiary alicyclic amines) is 1. The molecule has 0 aromatic rings. The predicted molar refractivity (Wildman–Crippen MR) is 130 cm³/mol. The molecule has 6 heteroatoms. The Bertz CT molecular complexity index is 532. The molecular weight excluding hydrogens is 388 g/mol. The number of unbranched alkanes of at least 4 members (excludes halogenated alkanes) is 2. The Hall–Kier alpha value is -1.14. The second-order valence-corrected chi connectivity index (χ2v) is 10.6. The molecule has 2 atom stereocenters. The van der Waals surface area contributed by atoms with E-state index in [1.54, 1.807) is 6.92 Å². The van der Waals surface area contributed by atoms with Crippen molar-refractivity contribution in [2.45, 2.75) is 78.7 Å². The SMILES string of the molecule is CCCCN(CCCC[N+](C)(C)C)C(=O)CN1CC(C)CC[C@@H]1CCN(CC)C(C)=O. The maximum Gasteiger partial charge on any atom is 0.236 e. The number of hydrogen-bond donors (Lipinski definition) is 0. The number of nitrogens with zero attached hydrogens (tertiary/aromatic N) is 4. The fraction of sp³-hybridized carbons (Fsp3) is 0.920. The molecule has 1 rings (SSSR count). The Kier molecular flexibility index (Phi) is 12.7. The Morgan fingerprint density at radius 2 is 1.65 bits per heavy atom. The summed E-state index contributed by atoms with van der Waals surface area (Å²) in [4.78, 5) is 31.5. The van der Waals surface area contributed by atoms with Crippen LogP contribution in [0.5, 0.6) is 0 Å². The fourth-order valence-corrected chi connectivity index (χ4v) is 4.54. The van der Waals surface area contributed by atoms with Crippen molar-refractivity contribution in [2.24, 2.45) is 5.92 Å². The summed E-state index contributed by atoms with van der Waals surface area (Å²) in [5.41, 5.74) is 0. The van der Waals surface area contributed by atoms with E-state index >= 15 is 0 Å². The standard InChI is InChI=1S/C25H51N4O2/c1-8-10-16-27(17-11-12-19-29(5,6)7)25(31)21-28-20-22(3)13-14-24(28)15-18-26(9-2)23(4)30/h22,24H,8-21H2,1-7H3/q+1/t22?,24-/m1/s1. The average Bonchev–Trinajstić information content (AvgIpc) is 2.68. The van der Waals surface area contributed by atoms with E-state index in [-0.39, 0.29) is 11.8 Å². The number of rotatable bonds is 14. The summed E-state index contributed by atoms with van der Waals surface area (Å²) in [6, 6.07) is 0.403. The number of quaternary nitrogens is 1. The van der Waals surface area contributed by atoms with E-state index in [4.69, 9.17) is 0 Å². The molecule has 0 saturated carbocycles. The summed E-state index contributed by atoms with van der Waals surface area (Å²) in [5, 5.41) is 0. The van der Waals surface area contributed by atoms with Crippen molar-refractivity contribution in [3.8, 4) is 0 Å². The summed E-state index contributed by atoms with van der Waals surface area (Å²) in [5.74, 6) is 1.07. The summed E-state index contributed by atoms with van der Waals surface area (Å²) in [6.45, 7) is 14.1. The molecule has 0 radical (unpaired) electrons. The van der Waals surface area contributed by atoms with Crippen LogP contribution in [0.25, 0.3) is 0 Å². The number of carbonyl (C=O) groups is 2. The highest BCUT2D eigenvalue weighted by Crippen LogP contribution is 2.24. The molecule has 1 saturated heterocycles. The number of piperidine rings is 1. The molecule has 31 heavy (non-hydrogen) atoms. The summed E-state index contributed by atoms with van der Waals surface area (Å²) < 4.78 is 0.977. The molecule has 0 aliphatic carbocycles. The first-order valence-corrected chi connectivity index (χ1v) is 12.6. The van der Waals surface area contributed by atoms with Gasteiger partial charge in [-0.05, 0) is 51.4 Å². The van der Waals surface area contributed by atoms with Crippen LogP contribution in [-0.2, 0) is 9.59 Å². The largest absolute Gasteiger partial charge is 0.343 e. The van der Waals surface area contributed by atoms with Gasteiger partial charge >= 0.3 is 0 Å². The molecule has 0 N–H and O–H groups in total. The predicted octanol–water partition coefficient (Wildman–Crippen LogP) is 3.46. The monoisotopic (exact) mass is 439 g/mol. The van der Waals surface area contributed by atoms with E-state index in [1.807, 2.05) is 11.8 Å². The van der Waals surface area contributed by atoms with Crippen LogP contribution in [0.2, 0.25) is 0 Å². The lowest BCUT2D eigenvalue weighted by Gasteiger charge is -2.40. The molecule has 0 bridgehead atoms. The summed E-state index contributed by atoms with van der Waals surface area (Å²) in [6.07, 6.45) is 7.73. The molecule has 1 heterocycles. The van der Waals surface area contributed by atoms with E-state index in [9.17, 15) is 9.59 Å². The second-order valence-electron chi connectivity index (χ2n) is 10.6. The zero-order chi connectivity index (χ0) is 23.4. The third kappa shape index (κ3) is 11.3. The quantitative estimate of drug-likeness (QED) is 0.307. The van der Waals surface area contributed by atoms with Crippen molar-refractivity contribution >= 4 is 11.8 Å². The average molecular weight is 440 g/mol. The van der Waals surface area contributed by atoms with E-state index < -0.39 is 0 Å². The van der Waals surface area contributed by atoms with Crippen LogP contribution in [0.3, 0.4) is 0 Å². The van der Waals surface area contributed by atoms with Gasteiger partial charge in [0.15, 0.2) is 0 Å². The third-order valence-corrected chi connectivity index (χ3v) is 6.59. The molecule has 0 aromatic heterocycles. The highest BCUT2D eigenvalue weighted by Gasteiger charge is 2.29. The van der Waals surface area contributed by atoms with Crippen LogP contribution in [0.15, 0.2) is 0 Å². The molecular formula is C25H51N4O2+. The van der Waals surface area contributed by atoms with Crippen molar-refractivity contribution in [2.75, 3.05) is 67.0 Å². The number of amides is 2. The van der Waals surface area contributed by atoms with Gasteiger partial charge < -0.3 is 14.3 Å². The molecule has 182 valence electrons. The molecule has 0 aromatic carbocycles. The van der Waals surface area contributed by atoms with Crippen molar-refractivity contribution < 1.29 is 14.1 Å². The van der Waals surface area contributed by atoms with Gasteiger partial charge in [-0.15, -0.1) is 0 Å². The fourth-order valence-electron chi connectivity index (χ4n) is 4.54. The van der Waals surface area contributed by atoms with Gasteiger partial charge in [0.05, 0.1) is 34.2 Å². The van der Waals surface area contributed by atoms with Gasteiger partial charge in [0.1, 0.15) is 0 Å². The van der Waals surface area contributed by atoms with Crippen molar-refractivity contribution in [3.63, 3.8) is 0 Å². The zero-order valence-corrected chi connectivity index (χ0v) is 21.7. The third-order valence-electron chi connectivity index (χ3n) is 6.59. The Morgan fingerprint density at radius 3 is 2.23 bits per heavy atom. The lowest BCUT2D eigenvalue weighted by Crippen LogP contribution is -2.50. The minimum absolute atomic E-state index is 0.147. The topological polar surface area (TPSA) is 43.9 Å². The first-order chi connectivity index (χ1) is 14.6. The Balaban J connectivity index is 2.68. The first-order valence-electron chi connectivity index (χ1n) is 12.6. The van der Waals surface area contributed by atoms with E-state index in [1.165, 1.54) is 6.42 Å². The normalized spacial score (nSPS) is 20.0. The van der Waals surface area contributed by atoms with Gasteiger partial charge in [-0.2, -0.15) is 0 Å². The molecule has 1 aliphatic rings. The van der Waals surface area contributed by atoms with Gasteiger partial charge in [-0.1, -0.05) is 20.3 Å². The van der Waals surface area contributed by atoms with Crippen molar-refractivity contribution in [3.05, 3.63) is 0 Å². The lowest BCUT2D eigenvalue weighted by atomic mass is 9.92. The second kappa shape index (κ2) is 14.1. The number of hydrogen-bond acceptors (Lipinski definition) is 3.